The molecule has 1 aliphatic heterocycles. The van der Waals surface area contributed by atoms with E-state index in [0.29, 0.717) is 24.7 Å². The zero-order valence-corrected chi connectivity index (χ0v) is 17.4. The van der Waals surface area contributed by atoms with Gasteiger partial charge in [-0.1, -0.05) is 41.9 Å². The second-order valence-corrected chi connectivity index (χ2v) is 7.32. The molecule has 154 valence electrons. The molecule has 0 bridgehead atoms. The van der Waals surface area contributed by atoms with Gasteiger partial charge in [-0.3, -0.25) is 15.0 Å². The molecule has 4 rings (SSSR count). The molecule has 30 heavy (non-hydrogen) atoms. The Morgan fingerprint density at radius 2 is 1.90 bits per heavy atom. The third-order valence-electron chi connectivity index (χ3n) is 4.90. The molecule has 0 spiro atoms. The van der Waals surface area contributed by atoms with Crippen LogP contribution in [0.15, 0.2) is 78.9 Å². The van der Waals surface area contributed by atoms with Crippen LogP contribution in [0.25, 0.3) is 0 Å². The van der Waals surface area contributed by atoms with Crippen LogP contribution < -0.4 is 15.2 Å². The highest BCUT2D eigenvalue weighted by molar-refractivity contribution is 6.31. The Bertz CT molecular complexity index is 1010. The Morgan fingerprint density at radius 1 is 1.07 bits per heavy atom. The van der Waals surface area contributed by atoms with Gasteiger partial charge in [0, 0.05) is 36.2 Å². The largest absolute Gasteiger partial charge is 0.495 e. The summed E-state index contributed by atoms with van der Waals surface area (Å²) in [6, 6.07) is 15.6. The summed E-state index contributed by atoms with van der Waals surface area (Å²) in [5.41, 5.74) is 7.45. The van der Waals surface area contributed by atoms with E-state index in [4.69, 9.17) is 21.1 Å². The smallest absolute Gasteiger partial charge is 0.143 e. The first-order chi connectivity index (χ1) is 14.7. The van der Waals surface area contributed by atoms with Crippen molar-refractivity contribution in [2.75, 3.05) is 18.7 Å². The van der Waals surface area contributed by atoms with E-state index in [-0.39, 0.29) is 6.04 Å². The molecule has 3 aromatic rings. The van der Waals surface area contributed by atoms with Crippen molar-refractivity contribution in [2.45, 2.75) is 19.1 Å². The summed E-state index contributed by atoms with van der Waals surface area (Å²) >= 11 is 6.25. The first-order valence-corrected chi connectivity index (χ1v) is 10.1. The maximum Gasteiger partial charge on any atom is 0.143 e. The molecule has 6 nitrogen and oxygen atoms in total. The third-order valence-corrected chi connectivity index (χ3v) is 5.26. The van der Waals surface area contributed by atoms with Crippen molar-refractivity contribution < 1.29 is 9.47 Å². The highest BCUT2D eigenvalue weighted by Gasteiger charge is 2.27. The summed E-state index contributed by atoms with van der Waals surface area (Å²) in [6.45, 7) is 0.915. The van der Waals surface area contributed by atoms with E-state index in [1.165, 1.54) is 0 Å². The Kier molecular flexibility index (Phi) is 6.59. The van der Waals surface area contributed by atoms with Crippen LogP contribution in [0.1, 0.15) is 11.3 Å². The minimum absolute atomic E-state index is 0.0258. The van der Waals surface area contributed by atoms with Gasteiger partial charge in [-0.2, -0.15) is 0 Å². The number of ether oxygens (including phenoxy) is 2. The van der Waals surface area contributed by atoms with E-state index in [9.17, 15) is 0 Å². The van der Waals surface area contributed by atoms with Gasteiger partial charge in [0.2, 0.25) is 0 Å². The molecule has 0 radical (unpaired) electrons. The second-order valence-electron chi connectivity index (χ2n) is 6.91. The topological polar surface area (TPSA) is 59.5 Å². The maximum atomic E-state index is 6.25. The number of methoxy groups -OCH3 is 1. The number of anilines is 1. The standard InChI is InChI=1S/C23H23ClN4O2/c1-29-23-9-5-4-8-22(23)28-14-18(16-30-15-17-6-2-3-7-20(17)24)21(27-28)12-19-13-25-10-11-26-19/h2-11,13-14,21,27H,12,15-16H2,1H3. The number of nitrogens with one attached hydrogen (secondary N) is 1. The predicted octanol–water partition coefficient (Wildman–Crippen LogP) is 4.18. The number of hydrogen-bond acceptors (Lipinski definition) is 6. The molecule has 1 unspecified atom stereocenters. The summed E-state index contributed by atoms with van der Waals surface area (Å²) in [4.78, 5) is 8.60. The summed E-state index contributed by atoms with van der Waals surface area (Å²) in [5, 5.41) is 2.69. The molecule has 1 aromatic heterocycles. The number of benzene rings is 2. The van der Waals surface area contributed by atoms with Crippen molar-refractivity contribution in [3.05, 3.63) is 95.2 Å². The summed E-state index contributed by atoms with van der Waals surface area (Å²) < 4.78 is 11.5. The van der Waals surface area contributed by atoms with Gasteiger partial charge in [0.05, 0.1) is 37.7 Å². The lowest BCUT2D eigenvalue weighted by atomic mass is 10.1. The Morgan fingerprint density at radius 3 is 2.70 bits per heavy atom. The minimum atomic E-state index is 0.0258. The number of para-hydroxylation sites is 2. The van der Waals surface area contributed by atoms with Crippen LogP contribution in [0.4, 0.5) is 5.69 Å². The Balaban J connectivity index is 1.51. The second kappa shape index (κ2) is 9.71. The third kappa shape index (κ3) is 4.79. The van der Waals surface area contributed by atoms with Gasteiger partial charge >= 0.3 is 0 Å². The lowest BCUT2D eigenvalue weighted by Gasteiger charge is -2.22. The summed E-state index contributed by atoms with van der Waals surface area (Å²) in [6.07, 6.45) is 7.93. The van der Waals surface area contributed by atoms with Gasteiger partial charge in [0.15, 0.2) is 0 Å². The monoisotopic (exact) mass is 422 g/mol. The number of hydrazine groups is 1. The van der Waals surface area contributed by atoms with Crippen molar-refractivity contribution in [2.24, 2.45) is 0 Å². The van der Waals surface area contributed by atoms with Crippen molar-refractivity contribution in [3.63, 3.8) is 0 Å². The molecule has 1 N–H and O–H groups in total. The number of rotatable bonds is 8. The highest BCUT2D eigenvalue weighted by Crippen LogP contribution is 2.31. The lowest BCUT2D eigenvalue weighted by molar-refractivity contribution is 0.139. The molecule has 0 aliphatic carbocycles. The minimum Gasteiger partial charge on any atom is -0.495 e. The van der Waals surface area contributed by atoms with E-state index in [1.807, 2.05) is 53.5 Å². The van der Waals surface area contributed by atoms with Crippen LogP contribution in [-0.2, 0) is 17.8 Å². The number of aromatic nitrogens is 2. The van der Waals surface area contributed by atoms with Crippen LogP contribution in [0.3, 0.4) is 0 Å². The van der Waals surface area contributed by atoms with Crippen molar-refractivity contribution in [1.29, 1.82) is 0 Å². The van der Waals surface area contributed by atoms with Gasteiger partial charge in [-0.15, -0.1) is 0 Å². The molecule has 0 fully saturated rings. The fraction of sp³-hybridized carbons (Fsp3) is 0.217. The van der Waals surface area contributed by atoms with Crippen molar-refractivity contribution in [1.82, 2.24) is 15.4 Å². The van der Waals surface area contributed by atoms with Gasteiger partial charge in [-0.05, 0) is 29.3 Å². The maximum absolute atomic E-state index is 6.25. The molecular formula is C23H23ClN4O2. The highest BCUT2D eigenvalue weighted by atomic mass is 35.5. The quantitative estimate of drug-likeness (QED) is 0.587. The van der Waals surface area contributed by atoms with Gasteiger partial charge in [0.25, 0.3) is 0 Å². The first kappa shape index (κ1) is 20.3. The van der Waals surface area contributed by atoms with E-state index >= 15 is 0 Å². The molecular weight excluding hydrogens is 400 g/mol. The fourth-order valence-corrected chi connectivity index (χ4v) is 3.56. The van der Waals surface area contributed by atoms with E-state index in [1.54, 1.807) is 25.7 Å². The SMILES string of the molecule is COc1ccccc1N1C=C(COCc2ccccc2Cl)C(Cc2cnccn2)N1. The summed E-state index contributed by atoms with van der Waals surface area (Å²) in [5.74, 6) is 0.790. The molecule has 0 saturated carbocycles. The van der Waals surface area contributed by atoms with E-state index in [0.717, 1.165) is 28.3 Å². The van der Waals surface area contributed by atoms with Crippen LogP contribution in [0.2, 0.25) is 5.02 Å². The molecule has 1 atom stereocenters. The van der Waals surface area contributed by atoms with Crippen molar-refractivity contribution >= 4 is 17.3 Å². The van der Waals surface area contributed by atoms with Crippen LogP contribution >= 0.6 is 11.6 Å². The summed E-state index contributed by atoms with van der Waals surface area (Å²) in [7, 11) is 1.67. The predicted molar refractivity (Wildman–Crippen MR) is 117 cm³/mol. The van der Waals surface area contributed by atoms with Crippen LogP contribution in [0, 0.1) is 0 Å². The first-order valence-electron chi connectivity index (χ1n) is 9.69. The number of hydrogen-bond donors (Lipinski definition) is 1. The molecule has 1 aliphatic rings. The molecule has 7 heteroatoms. The fourth-order valence-electron chi connectivity index (χ4n) is 3.37. The van der Waals surface area contributed by atoms with Crippen LogP contribution in [0.5, 0.6) is 5.75 Å². The molecule has 0 amide bonds. The zero-order valence-electron chi connectivity index (χ0n) is 16.7. The van der Waals surface area contributed by atoms with Gasteiger partial charge < -0.3 is 9.47 Å². The normalized spacial score (nSPS) is 15.9. The molecule has 2 heterocycles. The van der Waals surface area contributed by atoms with E-state index < -0.39 is 0 Å². The average Bonchev–Trinajstić information content (AvgIpc) is 3.18. The van der Waals surface area contributed by atoms with E-state index in [2.05, 4.69) is 21.6 Å². The average molecular weight is 423 g/mol. The molecule has 2 aromatic carbocycles. The number of nitrogens with zero attached hydrogens (tertiary/aromatic N) is 3. The Labute approximate surface area is 181 Å². The van der Waals surface area contributed by atoms with Gasteiger partial charge in [0.1, 0.15) is 5.75 Å². The zero-order chi connectivity index (χ0) is 20.8. The molecule has 0 saturated heterocycles. The van der Waals surface area contributed by atoms with Gasteiger partial charge in [-0.25, -0.2) is 5.43 Å². The lowest BCUT2D eigenvalue weighted by Crippen LogP contribution is -2.38. The Hall–Kier alpha value is -2.93. The number of halogens is 1. The van der Waals surface area contributed by atoms with Crippen LogP contribution in [-0.4, -0.2) is 29.7 Å². The van der Waals surface area contributed by atoms with Crippen molar-refractivity contribution in [3.8, 4) is 5.75 Å².